The molecule has 8 heteroatoms. The van der Waals surface area contributed by atoms with Gasteiger partial charge in [-0.15, -0.1) is 0 Å². The van der Waals surface area contributed by atoms with Gasteiger partial charge in [0, 0.05) is 24.9 Å². The van der Waals surface area contributed by atoms with Crippen molar-refractivity contribution in [1.82, 2.24) is 0 Å². The molecule has 2 aromatic carbocycles. The lowest BCUT2D eigenvalue weighted by molar-refractivity contribution is -0.117. The molecule has 0 fully saturated rings. The lowest BCUT2D eigenvalue weighted by Crippen LogP contribution is -2.34. The Hall–Kier alpha value is -2.38. The molecule has 0 aliphatic carbocycles. The van der Waals surface area contributed by atoms with Crippen LogP contribution in [-0.4, -0.2) is 33.0 Å². The molecule has 2 N–H and O–H groups in total. The fraction of sp³-hybridized carbons (Fsp3) is 0.222. The third-order valence-corrected chi connectivity index (χ3v) is 5.18. The first-order valence-electron chi connectivity index (χ1n) is 7.76. The summed E-state index contributed by atoms with van der Waals surface area (Å²) in [5, 5.41) is 0.124. The molecule has 0 heterocycles. The summed E-state index contributed by atoms with van der Waals surface area (Å²) in [5.41, 5.74) is 6.75. The van der Waals surface area contributed by atoms with Crippen LogP contribution in [0.3, 0.4) is 0 Å². The molecule has 2 rings (SSSR count). The van der Waals surface area contributed by atoms with Crippen molar-refractivity contribution in [3.05, 3.63) is 58.6 Å². The number of benzene rings is 2. The van der Waals surface area contributed by atoms with Crippen LogP contribution in [0.2, 0.25) is 5.02 Å². The van der Waals surface area contributed by atoms with Crippen LogP contribution in [0.1, 0.15) is 22.3 Å². The number of hydrogen-bond acceptors (Lipinski definition) is 4. The lowest BCUT2D eigenvalue weighted by atomic mass is 10.1. The van der Waals surface area contributed by atoms with Crippen molar-refractivity contribution in [2.45, 2.75) is 18.2 Å². The van der Waals surface area contributed by atoms with E-state index in [-0.39, 0.29) is 28.4 Å². The van der Waals surface area contributed by atoms with E-state index in [0.29, 0.717) is 5.69 Å². The van der Waals surface area contributed by atoms with Gasteiger partial charge in [-0.2, -0.15) is 0 Å². The van der Waals surface area contributed by atoms with Gasteiger partial charge in [-0.25, -0.2) is 8.42 Å². The molecule has 2 aromatic rings. The van der Waals surface area contributed by atoms with Crippen LogP contribution < -0.4 is 10.6 Å². The second kappa shape index (κ2) is 7.88. The number of aryl methyl sites for hydroxylation is 1. The SMILES string of the molecule is Cc1cccc(N(CCC(N)=O)C(=O)c2cc(S(C)(=O)=O)ccc2Cl)c1. The first-order chi connectivity index (χ1) is 12.1. The minimum Gasteiger partial charge on any atom is -0.370 e. The van der Waals surface area contributed by atoms with E-state index in [1.807, 2.05) is 13.0 Å². The van der Waals surface area contributed by atoms with E-state index < -0.39 is 21.7 Å². The molecule has 138 valence electrons. The number of amides is 2. The highest BCUT2D eigenvalue weighted by molar-refractivity contribution is 7.90. The second-order valence-corrected chi connectivity index (χ2v) is 8.35. The van der Waals surface area contributed by atoms with Crippen LogP contribution in [0.25, 0.3) is 0 Å². The Labute approximate surface area is 157 Å². The maximum absolute atomic E-state index is 13.1. The highest BCUT2D eigenvalue weighted by atomic mass is 35.5. The van der Waals surface area contributed by atoms with Crippen molar-refractivity contribution >= 4 is 38.9 Å². The van der Waals surface area contributed by atoms with Crippen molar-refractivity contribution < 1.29 is 18.0 Å². The van der Waals surface area contributed by atoms with Crippen molar-refractivity contribution in [3.63, 3.8) is 0 Å². The van der Waals surface area contributed by atoms with Gasteiger partial charge in [0.05, 0.1) is 15.5 Å². The van der Waals surface area contributed by atoms with Crippen molar-refractivity contribution in [1.29, 1.82) is 0 Å². The van der Waals surface area contributed by atoms with Gasteiger partial charge in [0.1, 0.15) is 0 Å². The van der Waals surface area contributed by atoms with Gasteiger partial charge < -0.3 is 10.6 Å². The third kappa shape index (κ3) is 4.83. The van der Waals surface area contributed by atoms with E-state index in [4.69, 9.17) is 17.3 Å². The normalized spacial score (nSPS) is 11.2. The summed E-state index contributed by atoms with van der Waals surface area (Å²) in [5.74, 6) is -1.06. The quantitative estimate of drug-likeness (QED) is 0.814. The maximum Gasteiger partial charge on any atom is 0.259 e. The standard InChI is InChI=1S/C18H19ClN2O4S/c1-12-4-3-5-13(10-12)21(9-8-17(20)22)18(23)15-11-14(26(2,24)25)6-7-16(15)19/h3-7,10-11H,8-9H2,1-2H3,(H2,20,22). The molecule has 0 saturated heterocycles. The number of rotatable bonds is 6. The second-order valence-electron chi connectivity index (χ2n) is 5.93. The average Bonchev–Trinajstić information content (AvgIpc) is 2.54. The smallest absolute Gasteiger partial charge is 0.259 e. The number of nitrogens with zero attached hydrogens (tertiary/aromatic N) is 1. The highest BCUT2D eigenvalue weighted by Crippen LogP contribution is 2.25. The number of anilines is 1. The van der Waals surface area contributed by atoms with Gasteiger partial charge in [0.2, 0.25) is 5.91 Å². The van der Waals surface area contributed by atoms with E-state index in [1.165, 1.54) is 23.1 Å². The van der Waals surface area contributed by atoms with Crippen LogP contribution in [0.5, 0.6) is 0 Å². The Balaban J connectivity index is 2.51. The fourth-order valence-electron chi connectivity index (χ4n) is 2.41. The molecular formula is C18H19ClN2O4S. The number of nitrogens with two attached hydrogens (primary N) is 1. The highest BCUT2D eigenvalue weighted by Gasteiger charge is 2.22. The fourth-order valence-corrected chi connectivity index (χ4v) is 3.26. The zero-order chi connectivity index (χ0) is 19.5. The van der Waals surface area contributed by atoms with Gasteiger partial charge in [0.15, 0.2) is 9.84 Å². The number of primary amides is 1. The van der Waals surface area contributed by atoms with Crippen LogP contribution in [0.4, 0.5) is 5.69 Å². The number of hydrogen-bond donors (Lipinski definition) is 1. The topological polar surface area (TPSA) is 97.5 Å². The molecule has 0 bridgehead atoms. The van der Waals surface area contributed by atoms with Crippen molar-refractivity contribution in [2.24, 2.45) is 5.73 Å². The summed E-state index contributed by atoms with van der Waals surface area (Å²) in [6, 6.07) is 11.1. The molecule has 0 aliphatic heterocycles. The zero-order valence-corrected chi connectivity index (χ0v) is 16.0. The van der Waals surface area contributed by atoms with E-state index in [9.17, 15) is 18.0 Å². The summed E-state index contributed by atoms with van der Waals surface area (Å²) in [7, 11) is -3.50. The molecule has 0 atom stereocenters. The van der Waals surface area contributed by atoms with E-state index in [0.717, 1.165) is 11.8 Å². The molecule has 0 aliphatic rings. The molecule has 6 nitrogen and oxygen atoms in total. The van der Waals surface area contributed by atoms with E-state index in [1.54, 1.807) is 18.2 Å². The zero-order valence-electron chi connectivity index (χ0n) is 14.4. The predicted octanol–water partition coefficient (Wildman–Crippen LogP) is 2.57. The summed E-state index contributed by atoms with van der Waals surface area (Å²) < 4.78 is 23.6. The molecule has 26 heavy (non-hydrogen) atoms. The van der Waals surface area contributed by atoms with Crippen LogP contribution in [0, 0.1) is 6.92 Å². The van der Waals surface area contributed by atoms with Gasteiger partial charge in [-0.3, -0.25) is 9.59 Å². The average molecular weight is 395 g/mol. The van der Waals surface area contributed by atoms with Crippen LogP contribution in [0.15, 0.2) is 47.4 Å². The van der Waals surface area contributed by atoms with Gasteiger partial charge >= 0.3 is 0 Å². The van der Waals surface area contributed by atoms with E-state index >= 15 is 0 Å². The van der Waals surface area contributed by atoms with Crippen LogP contribution >= 0.6 is 11.6 Å². The molecule has 0 radical (unpaired) electrons. The summed E-state index contributed by atoms with van der Waals surface area (Å²) in [6.45, 7) is 1.93. The monoisotopic (exact) mass is 394 g/mol. The van der Waals surface area contributed by atoms with Crippen molar-refractivity contribution in [2.75, 3.05) is 17.7 Å². The third-order valence-electron chi connectivity index (χ3n) is 3.74. The molecule has 2 amide bonds. The Kier molecular flexibility index (Phi) is 6.05. The number of carbonyl (C=O) groups excluding carboxylic acids is 2. The maximum atomic E-state index is 13.1. The molecule has 0 aromatic heterocycles. The predicted molar refractivity (Wildman–Crippen MR) is 101 cm³/mol. The summed E-state index contributed by atoms with van der Waals surface area (Å²) in [4.78, 5) is 25.6. The van der Waals surface area contributed by atoms with Gasteiger partial charge in [0.25, 0.3) is 5.91 Å². The molecule has 0 unspecified atom stereocenters. The minimum absolute atomic E-state index is 0.00987. The first kappa shape index (κ1) is 19.9. The summed E-state index contributed by atoms with van der Waals surface area (Å²) >= 11 is 6.13. The Morgan fingerprint density at radius 1 is 1.15 bits per heavy atom. The van der Waals surface area contributed by atoms with E-state index in [2.05, 4.69) is 0 Å². The largest absolute Gasteiger partial charge is 0.370 e. The number of halogens is 1. The number of sulfone groups is 1. The Bertz CT molecular complexity index is 957. The minimum atomic E-state index is -3.50. The Morgan fingerprint density at radius 2 is 1.85 bits per heavy atom. The van der Waals surface area contributed by atoms with Gasteiger partial charge in [-0.05, 0) is 42.8 Å². The number of carbonyl (C=O) groups is 2. The lowest BCUT2D eigenvalue weighted by Gasteiger charge is -2.23. The first-order valence-corrected chi connectivity index (χ1v) is 10.0. The summed E-state index contributed by atoms with van der Waals surface area (Å²) in [6.07, 6.45) is 1.01. The van der Waals surface area contributed by atoms with Gasteiger partial charge in [-0.1, -0.05) is 23.7 Å². The molecule has 0 spiro atoms. The molecular weight excluding hydrogens is 376 g/mol. The van der Waals surface area contributed by atoms with Crippen LogP contribution in [-0.2, 0) is 14.6 Å². The van der Waals surface area contributed by atoms with Crippen molar-refractivity contribution in [3.8, 4) is 0 Å². The Morgan fingerprint density at radius 3 is 2.42 bits per heavy atom. The molecule has 0 saturated carbocycles.